The summed E-state index contributed by atoms with van der Waals surface area (Å²) in [5.74, 6) is 0.318. The number of aromatic nitrogens is 1. The molecule has 0 aliphatic carbocycles. The normalized spacial score (nSPS) is 12.1. The average molecular weight is 249 g/mol. The lowest BCUT2D eigenvalue weighted by Crippen LogP contribution is -2.35. The number of aliphatic hydroxyl groups excluding tert-OH is 1. The van der Waals surface area contributed by atoms with Gasteiger partial charge in [-0.1, -0.05) is 6.07 Å². The molecule has 0 saturated carbocycles. The first-order chi connectivity index (χ1) is 7.90. The fourth-order valence-corrected chi connectivity index (χ4v) is 1.40. The molecular weight excluding hydrogens is 235 g/mol. The van der Waals surface area contributed by atoms with Gasteiger partial charge in [0.15, 0.2) is 0 Å². The van der Waals surface area contributed by atoms with Crippen LogP contribution in [0.1, 0.15) is 5.56 Å². The fourth-order valence-electron chi connectivity index (χ4n) is 1.40. The Balaban J connectivity index is 2.63. The van der Waals surface area contributed by atoms with E-state index in [9.17, 15) is 13.2 Å². The number of nitrogens with two attached hydrogens (primary N) is 1. The summed E-state index contributed by atoms with van der Waals surface area (Å²) < 4.78 is 36.7. The Kier molecular flexibility index (Phi) is 4.71. The van der Waals surface area contributed by atoms with E-state index in [1.165, 1.54) is 12.3 Å². The highest BCUT2D eigenvalue weighted by Crippen LogP contribution is 2.17. The van der Waals surface area contributed by atoms with Gasteiger partial charge in [0, 0.05) is 19.3 Å². The predicted octanol–water partition coefficient (Wildman–Crippen LogP) is 1.02. The van der Waals surface area contributed by atoms with Crippen LogP contribution in [0.25, 0.3) is 0 Å². The number of rotatable bonds is 5. The van der Waals surface area contributed by atoms with Gasteiger partial charge in [-0.2, -0.15) is 13.2 Å². The molecular formula is C10H14F3N3O. The molecule has 4 nitrogen and oxygen atoms in total. The van der Waals surface area contributed by atoms with Crippen LogP contribution >= 0.6 is 0 Å². The SMILES string of the molecule is Nc1ccc(CN(CCO)CC(F)(F)F)cn1. The summed E-state index contributed by atoms with van der Waals surface area (Å²) >= 11 is 0. The lowest BCUT2D eigenvalue weighted by atomic mass is 10.2. The van der Waals surface area contributed by atoms with E-state index in [4.69, 9.17) is 10.8 Å². The highest BCUT2D eigenvalue weighted by molar-refractivity contribution is 5.29. The molecule has 1 aromatic rings. The van der Waals surface area contributed by atoms with E-state index >= 15 is 0 Å². The minimum absolute atomic E-state index is 0.0378. The molecule has 1 aromatic heterocycles. The minimum Gasteiger partial charge on any atom is -0.395 e. The van der Waals surface area contributed by atoms with Crippen molar-refractivity contribution < 1.29 is 18.3 Å². The average Bonchev–Trinajstić information content (AvgIpc) is 2.19. The van der Waals surface area contributed by atoms with Gasteiger partial charge in [-0.3, -0.25) is 4.90 Å². The second-order valence-corrected chi connectivity index (χ2v) is 3.64. The first-order valence-electron chi connectivity index (χ1n) is 5.01. The number of hydrogen-bond donors (Lipinski definition) is 2. The summed E-state index contributed by atoms with van der Waals surface area (Å²) in [7, 11) is 0. The Morgan fingerprint density at radius 2 is 2.06 bits per heavy atom. The fraction of sp³-hybridized carbons (Fsp3) is 0.500. The second-order valence-electron chi connectivity index (χ2n) is 3.64. The van der Waals surface area contributed by atoms with Crippen LogP contribution in [0, 0.1) is 0 Å². The number of alkyl halides is 3. The molecule has 0 atom stereocenters. The van der Waals surface area contributed by atoms with Crippen molar-refractivity contribution in [3.63, 3.8) is 0 Å². The maximum Gasteiger partial charge on any atom is 0.401 e. The zero-order valence-electron chi connectivity index (χ0n) is 9.11. The highest BCUT2D eigenvalue weighted by atomic mass is 19.4. The van der Waals surface area contributed by atoms with Gasteiger partial charge >= 0.3 is 6.18 Å². The molecule has 0 amide bonds. The van der Waals surface area contributed by atoms with Gasteiger partial charge in [-0.25, -0.2) is 4.98 Å². The van der Waals surface area contributed by atoms with Crippen LogP contribution in [-0.4, -0.2) is 40.9 Å². The van der Waals surface area contributed by atoms with Gasteiger partial charge in [-0.15, -0.1) is 0 Å². The number of hydrogen-bond acceptors (Lipinski definition) is 4. The molecule has 0 unspecified atom stereocenters. The number of nitrogen functional groups attached to an aromatic ring is 1. The van der Waals surface area contributed by atoms with Gasteiger partial charge in [0.1, 0.15) is 5.82 Å². The first-order valence-corrected chi connectivity index (χ1v) is 5.01. The summed E-state index contributed by atoms with van der Waals surface area (Å²) in [5, 5.41) is 8.71. The van der Waals surface area contributed by atoms with Crippen molar-refractivity contribution in [3.8, 4) is 0 Å². The Morgan fingerprint density at radius 1 is 1.35 bits per heavy atom. The molecule has 3 N–H and O–H groups in total. The van der Waals surface area contributed by atoms with Gasteiger partial charge < -0.3 is 10.8 Å². The summed E-state index contributed by atoms with van der Waals surface area (Å²) in [5.41, 5.74) is 6.00. The third-order valence-corrected chi connectivity index (χ3v) is 2.07. The van der Waals surface area contributed by atoms with Gasteiger partial charge in [0.2, 0.25) is 0 Å². The maximum atomic E-state index is 12.2. The summed E-state index contributed by atoms with van der Waals surface area (Å²) in [4.78, 5) is 4.90. The Morgan fingerprint density at radius 3 is 2.53 bits per heavy atom. The summed E-state index contributed by atoms with van der Waals surface area (Å²) in [6.07, 6.45) is -2.85. The molecule has 0 aliphatic rings. The molecule has 17 heavy (non-hydrogen) atoms. The van der Waals surface area contributed by atoms with E-state index in [1.54, 1.807) is 6.07 Å². The van der Waals surface area contributed by atoms with E-state index in [2.05, 4.69) is 4.98 Å². The lowest BCUT2D eigenvalue weighted by molar-refractivity contribution is -0.147. The van der Waals surface area contributed by atoms with Crippen molar-refractivity contribution in [1.82, 2.24) is 9.88 Å². The van der Waals surface area contributed by atoms with Crippen molar-refractivity contribution in [1.29, 1.82) is 0 Å². The van der Waals surface area contributed by atoms with Crippen LogP contribution in [0.3, 0.4) is 0 Å². The highest BCUT2D eigenvalue weighted by Gasteiger charge is 2.30. The van der Waals surface area contributed by atoms with Crippen molar-refractivity contribution in [2.75, 3.05) is 25.4 Å². The molecule has 0 bridgehead atoms. The molecule has 0 saturated heterocycles. The lowest BCUT2D eigenvalue weighted by Gasteiger charge is -2.22. The van der Waals surface area contributed by atoms with Crippen LogP contribution in [0.2, 0.25) is 0 Å². The van der Waals surface area contributed by atoms with E-state index < -0.39 is 12.7 Å². The number of pyridine rings is 1. The molecule has 0 aliphatic heterocycles. The van der Waals surface area contributed by atoms with E-state index in [-0.39, 0.29) is 19.7 Å². The Labute approximate surface area is 96.9 Å². The topological polar surface area (TPSA) is 62.4 Å². The number of nitrogens with zero attached hydrogens (tertiary/aromatic N) is 2. The quantitative estimate of drug-likeness (QED) is 0.818. The molecule has 0 spiro atoms. The van der Waals surface area contributed by atoms with Gasteiger partial charge in [-0.05, 0) is 11.6 Å². The van der Waals surface area contributed by atoms with Crippen LogP contribution < -0.4 is 5.73 Å². The number of anilines is 1. The van der Waals surface area contributed by atoms with Crippen LogP contribution in [0.5, 0.6) is 0 Å². The third kappa shape index (κ3) is 5.50. The molecule has 1 rings (SSSR count). The van der Waals surface area contributed by atoms with Crippen LogP contribution in [-0.2, 0) is 6.54 Å². The van der Waals surface area contributed by atoms with E-state index in [0.717, 1.165) is 4.90 Å². The molecule has 96 valence electrons. The largest absolute Gasteiger partial charge is 0.401 e. The molecule has 1 heterocycles. The Bertz CT molecular complexity index is 340. The number of aliphatic hydroxyl groups is 1. The summed E-state index contributed by atoms with van der Waals surface area (Å²) in [6, 6.07) is 3.14. The monoisotopic (exact) mass is 249 g/mol. The second kappa shape index (κ2) is 5.83. The van der Waals surface area contributed by atoms with E-state index in [1.807, 2.05) is 0 Å². The van der Waals surface area contributed by atoms with Crippen LogP contribution in [0.4, 0.5) is 19.0 Å². The molecule has 7 heteroatoms. The molecule has 0 aromatic carbocycles. The van der Waals surface area contributed by atoms with Crippen molar-refractivity contribution in [2.45, 2.75) is 12.7 Å². The zero-order valence-corrected chi connectivity index (χ0v) is 9.11. The van der Waals surface area contributed by atoms with Crippen LogP contribution in [0.15, 0.2) is 18.3 Å². The molecule has 0 fully saturated rings. The van der Waals surface area contributed by atoms with Crippen molar-refractivity contribution in [2.24, 2.45) is 0 Å². The third-order valence-electron chi connectivity index (χ3n) is 2.07. The number of halogens is 3. The van der Waals surface area contributed by atoms with Crippen molar-refractivity contribution >= 4 is 5.82 Å². The van der Waals surface area contributed by atoms with Crippen molar-refractivity contribution in [3.05, 3.63) is 23.9 Å². The standard InChI is InChI=1S/C10H14F3N3O/c11-10(12,13)7-16(3-4-17)6-8-1-2-9(14)15-5-8/h1-2,5,17H,3-4,6-7H2,(H2,14,15). The maximum absolute atomic E-state index is 12.2. The zero-order chi connectivity index (χ0) is 12.9. The first kappa shape index (κ1) is 13.7. The minimum atomic E-state index is -4.28. The smallest absolute Gasteiger partial charge is 0.395 e. The summed E-state index contributed by atoms with van der Waals surface area (Å²) in [6.45, 7) is -1.34. The molecule has 0 radical (unpaired) electrons. The van der Waals surface area contributed by atoms with E-state index in [0.29, 0.717) is 11.4 Å². The van der Waals surface area contributed by atoms with Gasteiger partial charge in [0.25, 0.3) is 0 Å². The Hall–Kier alpha value is -1.34. The van der Waals surface area contributed by atoms with Gasteiger partial charge in [0.05, 0.1) is 13.2 Å². The predicted molar refractivity (Wildman–Crippen MR) is 57.1 cm³/mol.